The minimum absolute atomic E-state index is 0.810. The van der Waals surface area contributed by atoms with E-state index in [1.807, 2.05) is 12.1 Å². The molecule has 0 aliphatic heterocycles. The smallest absolute Gasteiger partial charge is 0.0561 e. The SMILES string of the molecule is Nc1ccc2c3c(n(-c4ccccc4)c2c1)=CCCC=3. The Hall–Kier alpha value is -2.48. The van der Waals surface area contributed by atoms with Crippen LogP contribution in [0.5, 0.6) is 0 Å². The molecule has 0 radical (unpaired) electrons. The molecule has 1 aliphatic carbocycles. The van der Waals surface area contributed by atoms with Gasteiger partial charge >= 0.3 is 0 Å². The van der Waals surface area contributed by atoms with Crippen LogP contribution >= 0.6 is 0 Å². The zero-order valence-corrected chi connectivity index (χ0v) is 11.2. The van der Waals surface area contributed by atoms with E-state index in [0.29, 0.717) is 0 Å². The van der Waals surface area contributed by atoms with Gasteiger partial charge in [0, 0.05) is 27.3 Å². The molecular formula is C18H16N2. The second kappa shape index (κ2) is 4.27. The third-order valence-electron chi connectivity index (χ3n) is 3.94. The van der Waals surface area contributed by atoms with Crippen LogP contribution in [0.3, 0.4) is 0 Å². The Kier molecular flexibility index (Phi) is 2.43. The molecule has 20 heavy (non-hydrogen) atoms. The summed E-state index contributed by atoms with van der Waals surface area (Å²) >= 11 is 0. The molecule has 0 atom stereocenters. The summed E-state index contributed by atoms with van der Waals surface area (Å²) in [5, 5.41) is 3.92. The standard InChI is InChI=1S/C18H16N2/c19-13-10-11-16-15-8-4-5-9-17(15)20(18(16)12-13)14-6-2-1-3-7-14/h1-3,6-12H,4-5,19H2. The maximum atomic E-state index is 5.99. The van der Waals surface area contributed by atoms with Crippen LogP contribution < -0.4 is 16.3 Å². The summed E-state index contributed by atoms with van der Waals surface area (Å²) in [5.41, 5.74) is 9.19. The van der Waals surface area contributed by atoms with E-state index >= 15 is 0 Å². The first-order chi connectivity index (χ1) is 9.84. The highest BCUT2D eigenvalue weighted by Crippen LogP contribution is 2.18. The Morgan fingerprint density at radius 1 is 0.900 bits per heavy atom. The van der Waals surface area contributed by atoms with E-state index in [0.717, 1.165) is 18.5 Å². The number of nitrogens with two attached hydrogens (primary N) is 1. The van der Waals surface area contributed by atoms with Gasteiger partial charge < -0.3 is 10.3 Å². The molecule has 0 bridgehead atoms. The molecule has 1 heterocycles. The maximum absolute atomic E-state index is 5.99. The van der Waals surface area contributed by atoms with Gasteiger partial charge in [0.05, 0.1) is 5.52 Å². The number of fused-ring (bicyclic) bond motifs is 3. The fourth-order valence-electron chi connectivity index (χ4n) is 3.07. The number of rotatable bonds is 1. The van der Waals surface area contributed by atoms with Gasteiger partial charge in [-0.25, -0.2) is 0 Å². The van der Waals surface area contributed by atoms with Gasteiger partial charge in [-0.2, -0.15) is 0 Å². The van der Waals surface area contributed by atoms with E-state index in [-0.39, 0.29) is 0 Å². The molecule has 1 aromatic heterocycles. The van der Waals surface area contributed by atoms with Crippen LogP contribution in [0.15, 0.2) is 48.5 Å². The van der Waals surface area contributed by atoms with E-state index in [1.165, 1.54) is 27.2 Å². The fourth-order valence-corrected chi connectivity index (χ4v) is 3.07. The second-order valence-electron chi connectivity index (χ2n) is 5.23. The summed E-state index contributed by atoms with van der Waals surface area (Å²) in [6.07, 6.45) is 6.89. The van der Waals surface area contributed by atoms with Crippen LogP contribution in [0.1, 0.15) is 12.8 Å². The van der Waals surface area contributed by atoms with Crippen molar-refractivity contribution in [2.75, 3.05) is 5.73 Å². The molecule has 0 amide bonds. The van der Waals surface area contributed by atoms with Crippen molar-refractivity contribution < 1.29 is 0 Å². The van der Waals surface area contributed by atoms with E-state index in [9.17, 15) is 0 Å². The van der Waals surface area contributed by atoms with Crippen molar-refractivity contribution in [3.8, 4) is 5.69 Å². The van der Waals surface area contributed by atoms with Gasteiger partial charge in [-0.1, -0.05) is 36.4 Å². The first-order valence-electron chi connectivity index (χ1n) is 7.00. The molecule has 2 heteroatoms. The fraction of sp³-hybridized carbons (Fsp3) is 0.111. The van der Waals surface area contributed by atoms with Crippen LogP contribution in [0.25, 0.3) is 28.7 Å². The highest BCUT2D eigenvalue weighted by molar-refractivity contribution is 5.86. The van der Waals surface area contributed by atoms with Crippen LogP contribution in [-0.2, 0) is 0 Å². The lowest BCUT2D eigenvalue weighted by Crippen LogP contribution is -2.30. The van der Waals surface area contributed by atoms with Crippen molar-refractivity contribution in [1.82, 2.24) is 4.57 Å². The van der Waals surface area contributed by atoms with Crippen LogP contribution in [0, 0.1) is 0 Å². The highest BCUT2D eigenvalue weighted by atomic mass is 15.0. The Bertz CT molecular complexity index is 902. The van der Waals surface area contributed by atoms with Crippen molar-refractivity contribution in [3.63, 3.8) is 0 Å². The number of aromatic nitrogens is 1. The normalized spacial score (nSPS) is 13.6. The molecule has 3 aromatic rings. The molecule has 2 N–H and O–H groups in total. The molecular weight excluding hydrogens is 244 g/mol. The van der Waals surface area contributed by atoms with Gasteiger partial charge in [-0.15, -0.1) is 0 Å². The van der Waals surface area contributed by atoms with Crippen molar-refractivity contribution in [2.45, 2.75) is 12.8 Å². The Labute approximate surface area is 117 Å². The zero-order chi connectivity index (χ0) is 13.5. The monoisotopic (exact) mass is 260 g/mol. The molecule has 4 rings (SSSR count). The predicted molar refractivity (Wildman–Crippen MR) is 85.1 cm³/mol. The Morgan fingerprint density at radius 2 is 1.70 bits per heavy atom. The van der Waals surface area contributed by atoms with E-state index in [2.05, 4.69) is 53.1 Å². The quantitative estimate of drug-likeness (QED) is 0.670. The number of hydrogen-bond acceptors (Lipinski definition) is 1. The molecule has 98 valence electrons. The first kappa shape index (κ1) is 11.4. The molecule has 2 nitrogen and oxygen atoms in total. The van der Waals surface area contributed by atoms with Crippen LogP contribution in [0.2, 0.25) is 0 Å². The van der Waals surface area contributed by atoms with Crippen molar-refractivity contribution in [2.24, 2.45) is 0 Å². The summed E-state index contributed by atoms with van der Waals surface area (Å²) in [5.74, 6) is 0. The van der Waals surface area contributed by atoms with Gasteiger partial charge in [-0.05, 0) is 37.1 Å². The summed E-state index contributed by atoms with van der Waals surface area (Å²) < 4.78 is 2.32. The molecule has 0 spiro atoms. The molecule has 0 fully saturated rings. The lowest BCUT2D eigenvalue weighted by atomic mass is 10.1. The maximum Gasteiger partial charge on any atom is 0.0561 e. The summed E-state index contributed by atoms with van der Waals surface area (Å²) in [4.78, 5) is 0. The van der Waals surface area contributed by atoms with Gasteiger partial charge in [0.25, 0.3) is 0 Å². The zero-order valence-electron chi connectivity index (χ0n) is 11.2. The number of nitrogens with zero attached hydrogens (tertiary/aromatic N) is 1. The lowest BCUT2D eigenvalue weighted by molar-refractivity contribution is 1.02. The van der Waals surface area contributed by atoms with Crippen molar-refractivity contribution in [1.29, 1.82) is 0 Å². The largest absolute Gasteiger partial charge is 0.399 e. The number of hydrogen-bond donors (Lipinski definition) is 1. The van der Waals surface area contributed by atoms with Crippen LogP contribution in [-0.4, -0.2) is 4.57 Å². The minimum atomic E-state index is 0.810. The second-order valence-corrected chi connectivity index (χ2v) is 5.23. The Balaban J connectivity index is 2.23. The Morgan fingerprint density at radius 3 is 2.55 bits per heavy atom. The summed E-state index contributed by atoms with van der Waals surface area (Å²) in [7, 11) is 0. The topological polar surface area (TPSA) is 30.9 Å². The predicted octanol–water partition coefficient (Wildman–Crippen LogP) is 2.57. The summed E-state index contributed by atoms with van der Waals surface area (Å²) in [6, 6.07) is 16.7. The average molecular weight is 260 g/mol. The van der Waals surface area contributed by atoms with Gasteiger partial charge in [0.2, 0.25) is 0 Å². The minimum Gasteiger partial charge on any atom is -0.399 e. The molecule has 0 saturated heterocycles. The van der Waals surface area contributed by atoms with Gasteiger partial charge in [0.15, 0.2) is 0 Å². The lowest BCUT2D eigenvalue weighted by Gasteiger charge is -2.07. The van der Waals surface area contributed by atoms with Crippen molar-refractivity contribution in [3.05, 3.63) is 59.1 Å². The molecule has 0 saturated carbocycles. The number of para-hydroxylation sites is 1. The third-order valence-corrected chi connectivity index (χ3v) is 3.94. The average Bonchev–Trinajstić information content (AvgIpc) is 2.81. The first-order valence-corrected chi connectivity index (χ1v) is 7.00. The number of anilines is 1. The van der Waals surface area contributed by atoms with Crippen LogP contribution in [0.4, 0.5) is 5.69 Å². The van der Waals surface area contributed by atoms with E-state index in [4.69, 9.17) is 5.73 Å². The number of benzene rings is 2. The number of nitrogen functional groups attached to an aromatic ring is 1. The molecule has 0 unspecified atom stereocenters. The molecule has 1 aliphatic rings. The van der Waals surface area contributed by atoms with Gasteiger partial charge in [0.1, 0.15) is 0 Å². The van der Waals surface area contributed by atoms with Gasteiger partial charge in [-0.3, -0.25) is 0 Å². The highest BCUT2D eigenvalue weighted by Gasteiger charge is 2.10. The summed E-state index contributed by atoms with van der Waals surface area (Å²) in [6.45, 7) is 0. The molecule has 2 aromatic carbocycles. The van der Waals surface area contributed by atoms with E-state index in [1.54, 1.807) is 0 Å². The van der Waals surface area contributed by atoms with Crippen molar-refractivity contribution >= 4 is 28.7 Å². The third kappa shape index (κ3) is 1.58. The van der Waals surface area contributed by atoms with E-state index < -0.39 is 0 Å².